The monoisotopic (exact) mass is 1170 g/mol. The maximum atomic E-state index is 15.8. The molecule has 430 valence electrons. The normalized spacial score (nSPS) is 17.4. The van der Waals surface area contributed by atoms with Crippen LogP contribution in [0.2, 0.25) is 0 Å². The number of thiocarbonyl (C=S) groups is 1. The largest absolute Gasteiger partial charge is 0.485 e. The van der Waals surface area contributed by atoms with Crippen molar-refractivity contribution in [2.24, 2.45) is 5.41 Å². The number of anilines is 2. The SMILES string of the molecule is CC(=O)O[C@@H]1C[C@@H](C(=O)N[C@@H](C)c2ccc(-c3scnc3C)cc2)N(C(=O)[C@@H](NC(=O)COCCC(F)COc2c(F)cc(-c3ncc(N4C(=S)N(c5ccc(C#N)c(C(F)(F)F)c5F)C(=O)C4(C)C)cc3F)cc2F)C(C)(C)C)C1. The van der Waals surface area contributed by atoms with Crippen LogP contribution >= 0.6 is 23.6 Å². The van der Waals surface area contributed by atoms with Crippen molar-refractivity contribution in [3.05, 3.63) is 112 Å². The number of rotatable bonds is 18. The first-order valence-electron chi connectivity index (χ1n) is 25.0. The number of aryl methyl sites for hydroxylation is 1. The fourth-order valence-electron chi connectivity index (χ4n) is 9.30. The maximum Gasteiger partial charge on any atom is 0.420 e. The van der Waals surface area contributed by atoms with Gasteiger partial charge in [-0.2, -0.15) is 18.4 Å². The molecular weight excluding hydrogens is 1120 g/mol. The van der Waals surface area contributed by atoms with Crippen LogP contribution in [0.5, 0.6) is 5.75 Å². The van der Waals surface area contributed by atoms with Crippen LogP contribution in [-0.2, 0) is 39.6 Å². The van der Waals surface area contributed by atoms with Crippen LogP contribution in [0.15, 0.2) is 66.3 Å². The molecule has 1 unspecified atom stereocenters. The fraction of sp³-hybridized carbons (Fsp3) is 0.400. The van der Waals surface area contributed by atoms with Gasteiger partial charge in [0.25, 0.3) is 5.91 Å². The lowest BCUT2D eigenvalue weighted by Crippen LogP contribution is -2.58. The summed E-state index contributed by atoms with van der Waals surface area (Å²) in [5.74, 6) is -10.5. The summed E-state index contributed by atoms with van der Waals surface area (Å²) in [5, 5.41) is 14.2. The van der Waals surface area contributed by atoms with Gasteiger partial charge in [-0.1, -0.05) is 45.0 Å². The van der Waals surface area contributed by atoms with Crippen LogP contribution in [0.25, 0.3) is 21.7 Å². The number of amides is 4. The number of ether oxygens (including phenoxy) is 3. The van der Waals surface area contributed by atoms with Gasteiger partial charge in [0.2, 0.25) is 17.7 Å². The van der Waals surface area contributed by atoms with E-state index in [1.54, 1.807) is 33.2 Å². The maximum absolute atomic E-state index is 15.8. The molecule has 5 aromatic rings. The van der Waals surface area contributed by atoms with Crippen molar-refractivity contribution in [2.75, 3.05) is 36.2 Å². The second-order valence-corrected chi connectivity index (χ2v) is 22.0. The molecule has 0 bridgehead atoms. The summed E-state index contributed by atoms with van der Waals surface area (Å²) < 4.78 is 134. The molecule has 2 saturated heterocycles. The zero-order chi connectivity index (χ0) is 59.6. The van der Waals surface area contributed by atoms with Crippen molar-refractivity contribution >= 4 is 69.6 Å². The Morgan fingerprint density at radius 3 is 2.21 bits per heavy atom. The van der Waals surface area contributed by atoms with Gasteiger partial charge in [0.05, 0.1) is 64.5 Å². The molecule has 16 nitrogen and oxygen atoms in total. The number of esters is 1. The highest BCUT2D eigenvalue weighted by Crippen LogP contribution is 2.43. The number of nitriles is 1. The van der Waals surface area contributed by atoms with Crippen molar-refractivity contribution in [3.8, 4) is 33.5 Å². The van der Waals surface area contributed by atoms with E-state index in [4.69, 9.17) is 26.4 Å². The number of alkyl halides is 4. The van der Waals surface area contributed by atoms with Gasteiger partial charge >= 0.3 is 12.1 Å². The highest BCUT2D eigenvalue weighted by molar-refractivity contribution is 7.81. The van der Waals surface area contributed by atoms with Gasteiger partial charge in [-0.3, -0.25) is 33.9 Å². The number of benzene rings is 3. The topological polar surface area (TPSA) is 196 Å². The number of carbonyl (C=O) groups is 5. The smallest absolute Gasteiger partial charge is 0.420 e. The Kier molecular flexibility index (Phi) is 18.2. The molecule has 26 heteroatoms. The molecule has 5 atom stereocenters. The predicted molar refractivity (Wildman–Crippen MR) is 284 cm³/mol. The molecule has 0 saturated carbocycles. The van der Waals surface area contributed by atoms with Crippen molar-refractivity contribution in [2.45, 2.75) is 110 Å². The van der Waals surface area contributed by atoms with E-state index in [1.165, 1.54) is 43.1 Å². The summed E-state index contributed by atoms with van der Waals surface area (Å²) in [6.07, 6.45) is -7.53. The van der Waals surface area contributed by atoms with Crippen LogP contribution in [0.3, 0.4) is 0 Å². The molecule has 2 aliphatic rings. The molecule has 3 aromatic carbocycles. The van der Waals surface area contributed by atoms with Crippen molar-refractivity contribution in [3.63, 3.8) is 0 Å². The quantitative estimate of drug-likeness (QED) is 0.0365. The third kappa shape index (κ3) is 13.3. The molecule has 2 N–H and O–H groups in total. The highest BCUT2D eigenvalue weighted by Gasteiger charge is 2.52. The average molecular weight is 1170 g/mol. The minimum Gasteiger partial charge on any atom is -0.485 e. The van der Waals surface area contributed by atoms with Crippen LogP contribution in [0.1, 0.15) is 89.7 Å². The van der Waals surface area contributed by atoms with E-state index in [-0.39, 0.29) is 18.7 Å². The van der Waals surface area contributed by atoms with Gasteiger partial charge in [0, 0.05) is 31.4 Å². The van der Waals surface area contributed by atoms with E-state index >= 15 is 22.0 Å². The molecule has 0 radical (unpaired) electrons. The number of nitrogens with zero attached hydrogens (tertiary/aromatic N) is 6. The number of hydrogen-bond acceptors (Lipinski definition) is 13. The number of aromatic nitrogens is 2. The zero-order valence-electron chi connectivity index (χ0n) is 44.8. The number of nitrogens with one attached hydrogen (secondary N) is 2. The number of likely N-dealkylation sites (tertiary alicyclic amines) is 1. The molecule has 81 heavy (non-hydrogen) atoms. The lowest BCUT2D eigenvalue weighted by molar-refractivity contribution is -0.147. The Balaban J connectivity index is 0.926. The molecule has 7 rings (SSSR count). The second-order valence-electron chi connectivity index (χ2n) is 20.8. The number of carbonyl (C=O) groups excluding carboxylic acids is 5. The van der Waals surface area contributed by atoms with Gasteiger partial charge in [0.1, 0.15) is 54.4 Å². The third-order valence-corrected chi connectivity index (χ3v) is 14.7. The molecular formula is C55H54F8N8O8S2. The van der Waals surface area contributed by atoms with Gasteiger partial charge in [-0.25, -0.2) is 26.9 Å². The lowest BCUT2D eigenvalue weighted by atomic mass is 9.85. The van der Waals surface area contributed by atoms with Crippen LogP contribution < -0.4 is 25.2 Å². The molecule has 4 amide bonds. The average Bonchev–Trinajstić information content (AvgIpc) is 4.11. The first-order valence-corrected chi connectivity index (χ1v) is 26.3. The Labute approximate surface area is 469 Å². The summed E-state index contributed by atoms with van der Waals surface area (Å²) >= 11 is 6.89. The summed E-state index contributed by atoms with van der Waals surface area (Å²) in [4.78, 5) is 79.0. The third-order valence-electron chi connectivity index (χ3n) is 13.4. The molecule has 0 aliphatic carbocycles. The first-order chi connectivity index (χ1) is 37.9. The summed E-state index contributed by atoms with van der Waals surface area (Å²) in [7, 11) is 0. The molecule has 2 aromatic heterocycles. The second kappa shape index (κ2) is 24.2. The van der Waals surface area contributed by atoms with Crippen molar-refractivity contribution < 1.29 is 73.3 Å². The van der Waals surface area contributed by atoms with E-state index < -0.39 is 166 Å². The standard InChI is InChI=1S/C55H54F8N8O8S2/c1-27(30-9-11-31(12-10-30)47-28(2)66-26-81-47)67-49(74)41-20-36(79-29(3)72)23-69(41)50(75)48(53(4,5)6)68-42(73)25-77-16-15-34(56)24-78-46-38(58)17-33(18-39(46)59)45-37(57)19-35(22-65-45)71-52(80)70(51(76)54(71,7)8)40-14-13-32(21-64)43(44(40)60)55(61,62)63/h9-14,17-19,22,26-27,34,36,41,48H,15-16,20,23-25H2,1-8H3,(H,67,74)(H,68,73)/t27-,34?,36+,41-,48+/m0/s1. The fourth-order valence-corrected chi connectivity index (χ4v) is 10.6. The minimum absolute atomic E-state index is 0.00518. The van der Waals surface area contributed by atoms with E-state index in [9.17, 15) is 42.4 Å². The Morgan fingerprint density at radius 2 is 1.63 bits per heavy atom. The Hall–Kier alpha value is -7.63. The number of hydrogen-bond donors (Lipinski definition) is 2. The van der Waals surface area contributed by atoms with Crippen molar-refractivity contribution in [1.29, 1.82) is 5.26 Å². The molecule has 4 heterocycles. The molecule has 2 aliphatic heterocycles. The highest BCUT2D eigenvalue weighted by atomic mass is 32.1. The van der Waals surface area contributed by atoms with Gasteiger partial charge < -0.3 is 34.6 Å². The summed E-state index contributed by atoms with van der Waals surface area (Å²) in [5.41, 5.74) is -3.53. The van der Waals surface area contributed by atoms with E-state index in [0.29, 0.717) is 23.1 Å². The predicted octanol–water partition coefficient (Wildman–Crippen LogP) is 9.61. The summed E-state index contributed by atoms with van der Waals surface area (Å²) in [6, 6.07) is 9.60. The number of thiazole rings is 1. The van der Waals surface area contributed by atoms with Crippen LogP contribution in [0.4, 0.5) is 46.5 Å². The van der Waals surface area contributed by atoms with E-state index in [0.717, 1.165) is 44.9 Å². The van der Waals surface area contributed by atoms with Crippen LogP contribution in [-0.4, -0.2) is 106 Å². The molecule has 2 fully saturated rings. The lowest BCUT2D eigenvalue weighted by Gasteiger charge is -2.35. The van der Waals surface area contributed by atoms with Crippen molar-refractivity contribution in [1.82, 2.24) is 25.5 Å². The number of pyridine rings is 1. The minimum atomic E-state index is -5.33. The van der Waals surface area contributed by atoms with Gasteiger partial charge in [-0.15, -0.1) is 11.3 Å². The molecule has 0 spiro atoms. The summed E-state index contributed by atoms with van der Waals surface area (Å²) in [6.45, 7) is 10.4. The Morgan fingerprint density at radius 1 is 0.963 bits per heavy atom. The van der Waals surface area contributed by atoms with Gasteiger partial charge in [0.15, 0.2) is 34.1 Å². The number of halogens is 8. The Bertz CT molecular complexity index is 3290. The van der Waals surface area contributed by atoms with E-state index in [2.05, 4.69) is 20.6 Å². The van der Waals surface area contributed by atoms with Gasteiger partial charge in [-0.05, 0) is 80.7 Å². The zero-order valence-corrected chi connectivity index (χ0v) is 46.4. The first kappa shape index (κ1) is 61.0. The van der Waals surface area contributed by atoms with Crippen LogP contribution in [0, 0.1) is 46.9 Å². The van der Waals surface area contributed by atoms with E-state index in [1.807, 2.05) is 31.2 Å².